The molecule has 4 rings (SSSR count). The van der Waals surface area contributed by atoms with Crippen LogP contribution in [0, 0.1) is 11.8 Å². The SMILES string of the molecule is CSc1ccccc1N1C(=O)[C@@H]2[C@H](C1=O)[C@@H]1CC[C@H]2O1. The molecule has 3 aliphatic rings. The highest BCUT2D eigenvalue weighted by Gasteiger charge is 2.62. The number of ether oxygens (including phenoxy) is 1. The van der Waals surface area contributed by atoms with Gasteiger partial charge in [-0.1, -0.05) is 12.1 Å². The summed E-state index contributed by atoms with van der Waals surface area (Å²) in [7, 11) is 0. The van der Waals surface area contributed by atoms with Crippen molar-refractivity contribution in [2.75, 3.05) is 11.2 Å². The summed E-state index contributed by atoms with van der Waals surface area (Å²) in [6.07, 6.45) is 3.67. The van der Waals surface area contributed by atoms with Crippen LogP contribution in [0.3, 0.4) is 0 Å². The van der Waals surface area contributed by atoms with Gasteiger partial charge in [0, 0.05) is 4.90 Å². The van der Waals surface area contributed by atoms with Gasteiger partial charge in [0.2, 0.25) is 11.8 Å². The van der Waals surface area contributed by atoms with Crippen LogP contribution in [0.15, 0.2) is 29.2 Å². The molecular formula is C15H15NO3S. The number of rotatable bonds is 2. The molecule has 20 heavy (non-hydrogen) atoms. The van der Waals surface area contributed by atoms with Crippen molar-refractivity contribution >= 4 is 29.3 Å². The first kappa shape index (κ1) is 12.4. The van der Waals surface area contributed by atoms with Crippen LogP contribution in [0.25, 0.3) is 0 Å². The average molecular weight is 289 g/mol. The van der Waals surface area contributed by atoms with Gasteiger partial charge in [-0.2, -0.15) is 0 Å². The van der Waals surface area contributed by atoms with Crippen molar-refractivity contribution in [3.05, 3.63) is 24.3 Å². The van der Waals surface area contributed by atoms with Gasteiger partial charge in [0.15, 0.2) is 0 Å². The van der Waals surface area contributed by atoms with Crippen LogP contribution in [-0.2, 0) is 14.3 Å². The van der Waals surface area contributed by atoms with Crippen molar-refractivity contribution in [1.29, 1.82) is 0 Å². The fourth-order valence-electron chi connectivity index (χ4n) is 3.76. The van der Waals surface area contributed by atoms with Gasteiger partial charge in [0.25, 0.3) is 0 Å². The quantitative estimate of drug-likeness (QED) is 0.618. The zero-order valence-corrected chi connectivity index (χ0v) is 11.9. The number of hydrogen-bond acceptors (Lipinski definition) is 4. The number of anilines is 1. The van der Waals surface area contributed by atoms with E-state index < -0.39 is 0 Å². The van der Waals surface area contributed by atoms with Crippen molar-refractivity contribution in [3.63, 3.8) is 0 Å². The normalized spacial score (nSPS) is 35.0. The maximum Gasteiger partial charge on any atom is 0.240 e. The second-order valence-corrected chi connectivity index (χ2v) is 6.37. The van der Waals surface area contributed by atoms with Gasteiger partial charge in [-0.05, 0) is 31.2 Å². The molecule has 0 radical (unpaired) electrons. The molecule has 2 amide bonds. The Hall–Kier alpha value is -1.33. The van der Waals surface area contributed by atoms with E-state index in [1.165, 1.54) is 4.90 Å². The summed E-state index contributed by atoms with van der Waals surface area (Å²) < 4.78 is 5.75. The van der Waals surface area contributed by atoms with Gasteiger partial charge in [-0.3, -0.25) is 9.59 Å². The maximum absolute atomic E-state index is 12.7. The highest BCUT2D eigenvalue weighted by molar-refractivity contribution is 7.98. The molecule has 3 heterocycles. The highest BCUT2D eigenvalue weighted by atomic mass is 32.2. The lowest BCUT2D eigenvalue weighted by atomic mass is 9.81. The van der Waals surface area contributed by atoms with Gasteiger partial charge in [0.1, 0.15) is 0 Å². The molecule has 3 fully saturated rings. The second-order valence-electron chi connectivity index (χ2n) is 5.53. The number of amides is 2. The largest absolute Gasteiger partial charge is 0.373 e. The first-order valence-electron chi connectivity index (χ1n) is 6.88. The molecular weight excluding hydrogens is 274 g/mol. The molecule has 0 saturated carbocycles. The molecule has 3 saturated heterocycles. The Morgan fingerprint density at radius 3 is 2.30 bits per heavy atom. The molecule has 0 spiro atoms. The summed E-state index contributed by atoms with van der Waals surface area (Å²) in [5.74, 6) is -0.658. The summed E-state index contributed by atoms with van der Waals surface area (Å²) in [6.45, 7) is 0. The lowest BCUT2D eigenvalue weighted by molar-refractivity contribution is -0.124. The number of carbonyl (C=O) groups is 2. The molecule has 3 aliphatic heterocycles. The Morgan fingerprint density at radius 1 is 1.10 bits per heavy atom. The van der Waals surface area contributed by atoms with E-state index >= 15 is 0 Å². The summed E-state index contributed by atoms with van der Waals surface area (Å²) in [6, 6.07) is 7.59. The third-order valence-electron chi connectivity index (χ3n) is 4.61. The number of fused-ring (bicyclic) bond motifs is 5. The van der Waals surface area contributed by atoms with Crippen LogP contribution in [0.2, 0.25) is 0 Å². The van der Waals surface area contributed by atoms with Crippen molar-refractivity contribution in [3.8, 4) is 0 Å². The third kappa shape index (κ3) is 1.48. The average Bonchev–Trinajstić information content (AvgIpc) is 3.13. The Morgan fingerprint density at radius 2 is 1.70 bits per heavy atom. The molecule has 0 aliphatic carbocycles. The molecule has 104 valence electrons. The van der Waals surface area contributed by atoms with Crippen molar-refractivity contribution < 1.29 is 14.3 Å². The van der Waals surface area contributed by atoms with E-state index in [0.717, 1.165) is 23.4 Å². The van der Waals surface area contributed by atoms with Crippen LogP contribution >= 0.6 is 11.8 Å². The number of para-hydroxylation sites is 1. The summed E-state index contributed by atoms with van der Waals surface area (Å²) in [5.41, 5.74) is 0.726. The number of carbonyl (C=O) groups excluding carboxylic acids is 2. The molecule has 0 N–H and O–H groups in total. The Labute approximate surface area is 121 Å². The van der Waals surface area contributed by atoms with Gasteiger partial charge < -0.3 is 4.74 Å². The van der Waals surface area contributed by atoms with Crippen molar-refractivity contribution in [2.45, 2.75) is 29.9 Å². The van der Waals surface area contributed by atoms with Gasteiger partial charge in [-0.25, -0.2) is 4.90 Å². The van der Waals surface area contributed by atoms with Crippen molar-refractivity contribution in [2.24, 2.45) is 11.8 Å². The van der Waals surface area contributed by atoms with Crippen LogP contribution in [-0.4, -0.2) is 30.3 Å². The van der Waals surface area contributed by atoms with Gasteiger partial charge in [-0.15, -0.1) is 11.8 Å². The summed E-state index contributed by atoms with van der Waals surface area (Å²) in [4.78, 5) is 27.7. The van der Waals surface area contributed by atoms with E-state index in [9.17, 15) is 9.59 Å². The molecule has 1 aromatic rings. The highest BCUT2D eigenvalue weighted by Crippen LogP contribution is 2.50. The first-order chi connectivity index (χ1) is 9.72. The Balaban J connectivity index is 1.77. The van der Waals surface area contributed by atoms with E-state index in [0.29, 0.717) is 0 Å². The minimum Gasteiger partial charge on any atom is -0.373 e. The van der Waals surface area contributed by atoms with Crippen LogP contribution in [0.5, 0.6) is 0 Å². The van der Waals surface area contributed by atoms with Gasteiger partial charge >= 0.3 is 0 Å². The molecule has 2 bridgehead atoms. The smallest absolute Gasteiger partial charge is 0.240 e. The fourth-order valence-corrected chi connectivity index (χ4v) is 4.35. The monoisotopic (exact) mass is 289 g/mol. The number of thioether (sulfide) groups is 1. The molecule has 5 heteroatoms. The van der Waals surface area contributed by atoms with E-state index in [-0.39, 0.29) is 35.9 Å². The Bertz CT molecular complexity index is 575. The zero-order chi connectivity index (χ0) is 13.9. The Kier molecular flexibility index (Phi) is 2.69. The standard InChI is InChI=1S/C15H15NO3S/c1-20-11-5-3-2-4-8(11)16-14(17)12-9-6-7-10(19-9)13(12)15(16)18/h2-5,9-10,12-13H,6-7H2,1H3/t9-,10+,12+,13-. The molecule has 4 atom stereocenters. The molecule has 1 aromatic carbocycles. The van der Waals surface area contributed by atoms with Gasteiger partial charge in [0.05, 0.1) is 29.7 Å². The summed E-state index contributed by atoms with van der Waals surface area (Å²) in [5, 5.41) is 0. The lowest BCUT2D eigenvalue weighted by Crippen LogP contribution is -2.34. The lowest BCUT2D eigenvalue weighted by Gasteiger charge is -2.19. The van der Waals surface area contributed by atoms with Crippen LogP contribution in [0.1, 0.15) is 12.8 Å². The molecule has 0 aromatic heterocycles. The molecule has 0 unspecified atom stereocenters. The molecule has 4 nitrogen and oxygen atoms in total. The zero-order valence-electron chi connectivity index (χ0n) is 11.1. The maximum atomic E-state index is 12.7. The minimum absolute atomic E-state index is 0.0482. The third-order valence-corrected chi connectivity index (χ3v) is 5.40. The van der Waals surface area contributed by atoms with Crippen molar-refractivity contribution in [1.82, 2.24) is 0 Å². The topological polar surface area (TPSA) is 46.6 Å². The minimum atomic E-state index is -0.254. The number of nitrogens with zero attached hydrogens (tertiary/aromatic N) is 1. The van der Waals surface area contributed by atoms with E-state index in [4.69, 9.17) is 4.74 Å². The number of imide groups is 1. The second kappa shape index (κ2) is 4.33. The predicted octanol–water partition coefficient (Wildman–Crippen LogP) is 2.08. The van der Waals surface area contributed by atoms with E-state index in [1.54, 1.807) is 11.8 Å². The van der Waals surface area contributed by atoms with Crippen LogP contribution < -0.4 is 4.90 Å². The number of benzene rings is 1. The van der Waals surface area contributed by atoms with Crippen LogP contribution in [0.4, 0.5) is 5.69 Å². The number of hydrogen-bond donors (Lipinski definition) is 0. The fraction of sp³-hybridized carbons (Fsp3) is 0.467. The summed E-state index contributed by atoms with van der Waals surface area (Å²) >= 11 is 1.55. The first-order valence-corrected chi connectivity index (χ1v) is 8.11. The van der Waals surface area contributed by atoms with E-state index in [1.807, 2.05) is 30.5 Å². The van der Waals surface area contributed by atoms with E-state index in [2.05, 4.69) is 0 Å². The predicted molar refractivity (Wildman–Crippen MR) is 75.6 cm³/mol.